The smallest absolute Gasteiger partial charge is 0.416 e. The molecule has 0 spiro atoms. The summed E-state index contributed by atoms with van der Waals surface area (Å²) in [7, 11) is 0. The predicted molar refractivity (Wildman–Crippen MR) is 84.9 cm³/mol. The second kappa shape index (κ2) is 6.70. The molecular weight excluding hydrogens is 337 g/mol. The van der Waals surface area contributed by atoms with E-state index < -0.39 is 29.2 Å². The Morgan fingerprint density at radius 3 is 2.44 bits per heavy atom. The molecule has 0 fully saturated rings. The Balaban J connectivity index is 2.20. The molecule has 2 aromatic rings. The standard InChI is InChI=1S/C17H17F3N2O3/c1-16(2,3)25-14(23)9-22-15(24)12-6-7-21-13-8-10(17(18,19)20)4-5-11(12)13/h4-8H,9H2,1-3H3,(H,22,24). The number of aromatic nitrogens is 1. The lowest BCUT2D eigenvalue weighted by Crippen LogP contribution is -2.34. The van der Waals surface area contributed by atoms with Gasteiger partial charge in [-0.1, -0.05) is 6.07 Å². The van der Waals surface area contributed by atoms with Crippen molar-refractivity contribution in [3.63, 3.8) is 0 Å². The summed E-state index contributed by atoms with van der Waals surface area (Å²) in [5.41, 5.74) is -1.36. The summed E-state index contributed by atoms with van der Waals surface area (Å²) < 4.78 is 43.4. The van der Waals surface area contributed by atoms with E-state index >= 15 is 0 Å². The highest BCUT2D eigenvalue weighted by atomic mass is 19.4. The molecule has 25 heavy (non-hydrogen) atoms. The number of carbonyl (C=O) groups is 2. The maximum atomic E-state index is 12.8. The largest absolute Gasteiger partial charge is 0.459 e. The van der Waals surface area contributed by atoms with Gasteiger partial charge in [0.25, 0.3) is 5.91 Å². The van der Waals surface area contributed by atoms with Crippen molar-refractivity contribution < 1.29 is 27.5 Å². The lowest BCUT2D eigenvalue weighted by Gasteiger charge is -2.19. The van der Waals surface area contributed by atoms with Crippen LogP contribution in [0.1, 0.15) is 36.7 Å². The minimum Gasteiger partial charge on any atom is -0.459 e. The lowest BCUT2D eigenvalue weighted by atomic mass is 10.1. The molecule has 1 heterocycles. The van der Waals surface area contributed by atoms with Gasteiger partial charge in [0.2, 0.25) is 0 Å². The second-order valence-electron chi connectivity index (χ2n) is 6.36. The van der Waals surface area contributed by atoms with E-state index in [0.29, 0.717) is 0 Å². The number of benzene rings is 1. The number of halogens is 3. The fourth-order valence-electron chi connectivity index (χ4n) is 2.15. The number of carbonyl (C=O) groups excluding carboxylic acids is 2. The SMILES string of the molecule is CC(C)(C)OC(=O)CNC(=O)c1ccnc2cc(C(F)(F)F)ccc12. The monoisotopic (exact) mass is 354 g/mol. The summed E-state index contributed by atoms with van der Waals surface area (Å²) >= 11 is 0. The minimum atomic E-state index is -4.50. The normalized spacial score (nSPS) is 12.1. The Bertz CT molecular complexity index is 811. The lowest BCUT2D eigenvalue weighted by molar-refractivity contribution is -0.153. The van der Waals surface area contributed by atoms with E-state index in [1.54, 1.807) is 20.8 Å². The van der Waals surface area contributed by atoms with Crippen molar-refractivity contribution in [2.45, 2.75) is 32.5 Å². The van der Waals surface area contributed by atoms with Crippen molar-refractivity contribution in [3.8, 4) is 0 Å². The number of amides is 1. The number of ether oxygens (including phenoxy) is 1. The molecule has 0 unspecified atom stereocenters. The fraction of sp³-hybridized carbons (Fsp3) is 0.353. The van der Waals surface area contributed by atoms with Crippen LogP contribution in [0.3, 0.4) is 0 Å². The first-order chi connectivity index (χ1) is 11.5. The number of nitrogens with zero attached hydrogens (tertiary/aromatic N) is 1. The molecule has 134 valence electrons. The summed E-state index contributed by atoms with van der Waals surface area (Å²) in [6.07, 6.45) is -3.25. The number of hydrogen-bond donors (Lipinski definition) is 1. The van der Waals surface area contributed by atoms with E-state index in [2.05, 4.69) is 10.3 Å². The van der Waals surface area contributed by atoms with Gasteiger partial charge in [0.05, 0.1) is 16.6 Å². The number of fused-ring (bicyclic) bond motifs is 1. The van der Waals surface area contributed by atoms with Crippen LogP contribution in [-0.2, 0) is 15.7 Å². The van der Waals surface area contributed by atoms with Crippen molar-refractivity contribution in [2.75, 3.05) is 6.54 Å². The fourth-order valence-corrected chi connectivity index (χ4v) is 2.15. The Morgan fingerprint density at radius 2 is 1.84 bits per heavy atom. The van der Waals surface area contributed by atoms with Crippen LogP contribution >= 0.6 is 0 Å². The van der Waals surface area contributed by atoms with Gasteiger partial charge in [0.15, 0.2) is 0 Å². The summed E-state index contributed by atoms with van der Waals surface area (Å²) in [5, 5.41) is 2.66. The van der Waals surface area contributed by atoms with Gasteiger partial charge in [0.1, 0.15) is 12.1 Å². The Morgan fingerprint density at radius 1 is 1.16 bits per heavy atom. The minimum absolute atomic E-state index is 0.0414. The first-order valence-electron chi connectivity index (χ1n) is 7.43. The third-order valence-electron chi connectivity index (χ3n) is 3.13. The van der Waals surface area contributed by atoms with Gasteiger partial charge in [-0.3, -0.25) is 14.6 Å². The summed E-state index contributed by atoms with van der Waals surface area (Å²) in [5.74, 6) is -1.21. The maximum absolute atomic E-state index is 12.8. The van der Waals surface area contributed by atoms with Crippen LogP contribution in [0, 0.1) is 0 Å². The van der Waals surface area contributed by atoms with Gasteiger partial charge >= 0.3 is 12.1 Å². The van der Waals surface area contributed by atoms with Crippen LogP contribution in [0.25, 0.3) is 10.9 Å². The Kier molecular flexibility index (Phi) is 5.01. The zero-order chi connectivity index (χ0) is 18.8. The molecule has 0 aliphatic rings. The third-order valence-corrected chi connectivity index (χ3v) is 3.13. The van der Waals surface area contributed by atoms with E-state index in [1.807, 2.05) is 0 Å². The first-order valence-corrected chi connectivity index (χ1v) is 7.43. The van der Waals surface area contributed by atoms with Gasteiger partial charge < -0.3 is 10.1 Å². The molecule has 1 amide bonds. The number of nitrogens with one attached hydrogen (secondary N) is 1. The second-order valence-corrected chi connectivity index (χ2v) is 6.36. The van der Waals surface area contributed by atoms with Crippen LogP contribution in [-0.4, -0.2) is 29.0 Å². The molecule has 1 aromatic carbocycles. The summed E-state index contributed by atoms with van der Waals surface area (Å²) in [6.45, 7) is 4.74. The number of pyridine rings is 1. The van der Waals surface area contributed by atoms with Gasteiger partial charge in [0, 0.05) is 11.6 Å². The average molecular weight is 354 g/mol. The van der Waals surface area contributed by atoms with Gasteiger partial charge in [-0.05, 0) is 39.0 Å². The number of rotatable bonds is 3. The van der Waals surface area contributed by atoms with Crippen LogP contribution in [0.5, 0.6) is 0 Å². The maximum Gasteiger partial charge on any atom is 0.416 e. The molecular formula is C17H17F3N2O3. The van der Waals surface area contributed by atoms with Crippen molar-refractivity contribution >= 4 is 22.8 Å². The highest BCUT2D eigenvalue weighted by molar-refractivity contribution is 6.06. The van der Waals surface area contributed by atoms with E-state index in [-0.39, 0.29) is 23.0 Å². The van der Waals surface area contributed by atoms with Crippen LogP contribution in [0.4, 0.5) is 13.2 Å². The topological polar surface area (TPSA) is 68.3 Å². The molecule has 0 radical (unpaired) electrons. The zero-order valence-electron chi connectivity index (χ0n) is 13.9. The number of alkyl halides is 3. The molecule has 0 saturated carbocycles. The zero-order valence-corrected chi connectivity index (χ0v) is 13.9. The van der Waals surface area contributed by atoms with Gasteiger partial charge in [-0.2, -0.15) is 13.2 Å². The molecule has 0 saturated heterocycles. The average Bonchev–Trinajstić information content (AvgIpc) is 2.49. The molecule has 5 nitrogen and oxygen atoms in total. The molecule has 1 N–H and O–H groups in total. The van der Waals surface area contributed by atoms with Crippen molar-refractivity contribution in [1.82, 2.24) is 10.3 Å². The van der Waals surface area contributed by atoms with Crippen molar-refractivity contribution in [3.05, 3.63) is 41.6 Å². The van der Waals surface area contributed by atoms with Crippen molar-refractivity contribution in [1.29, 1.82) is 0 Å². The number of esters is 1. The van der Waals surface area contributed by atoms with E-state index in [0.717, 1.165) is 12.1 Å². The van der Waals surface area contributed by atoms with Crippen LogP contribution in [0.15, 0.2) is 30.5 Å². The first kappa shape index (κ1) is 18.7. The van der Waals surface area contributed by atoms with E-state index in [1.165, 1.54) is 18.3 Å². The molecule has 0 aliphatic heterocycles. The van der Waals surface area contributed by atoms with Crippen molar-refractivity contribution in [2.24, 2.45) is 0 Å². The van der Waals surface area contributed by atoms with Crippen LogP contribution < -0.4 is 5.32 Å². The van der Waals surface area contributed by atoms with E-state index in [4.69, 9.17) is 4.74 Å². The predicted octanol–water partition coefficient (Wildman–Crippen LogP) is 3.33. The molecule has 0 atom stereocenters. The quantitative estimate of drug-likeness (QED) is 0.859. The highest BCUT2D eigenvalue weighted by Crippen LogP contribution is 2.31. The molecule has 0 aliphatic carbocycles. The molecule has 2 rings (SSSR count). The van der Waals surface area contributed by atoms with Gasteiger partial charge in [-0.25, -0.2) is 0 Å². The Labute approximate surface area is 142 Å². The molecule has 8 heteroatoms. The highest BCUT2D eigenvalue weighted by Gasteiger charge is 2.30. The third kappa shape index (κ3) is 4.91. The summed E-state index contributed by atoms with van der Waals surface area (Å²) in [6, 6.07) is 4.32. The molecule has 0 bridgehead atoms. The Hall–Kier alpha value is -2.64. The number of hydrogen-bond acceptors (Lipinski definition) is 4. The van der Waals surface area contributed by atoms with E-state index in [9.17, 15) is 22.8 Å². The molecule has 1 aromatic heterocycles. The van der Waals surface area contributed by atoms with Crippen LogP contribution in [0.2, 0.25) is 0 Å². The summed E-state index contributed by atoms with van der Waals surface area (Å²) in [4.78, 5) is 27.8. The van der Waals surface area contributed by atoms with Gasteiger partial charge in [-0.15, -0.1) is 0 Å².